The van der Waals surface area contributed by atoms with E-state index in [1.54, 1.807) is 32.1 Å². The number of thiazole rings is 1. The van der Waals surface area contributed by atoms with Gasteiger partial charge in [0, 0.05) is 0 Å². The van der Waals surface area contributed by atoms with Gasteiger partial charge in [0.15, 0.2) is 4.80 Å². The predicted molar refractivity (Wildman–Crippen MR) is 120 cm³/mol. The SMILES string of the molecule is CCOC(=O)C1=C(C)N=c2s/c(=C/c3ccc(C(=O)O)cc3)c(=O)n2C1c1ccccc1. The number of hydrogen-bond donors (Lipinski definition) is 1. The number of carboxylic acid groups (broad SMARTS) is 1. The molecule has 2 heterocycles. The number of rotatable bonds is 5. The van der Waals surface area contributed by atoms with E-state index in [1.807, 2.05) is 30.3 Å². The fourth-order valence-corrected chi connectivity index (χ4v) is 4.66. The number of aromatic carboxylic acids is 1. The van der Waals surface area contributed by atoms with E-state index in [2.05, 4.69) is 4.99 Å². The van der Waals surface area contributed by atoms with Crippen LogP contribution >= 0.6 is 11.3 Å². The molecular formula is C24H20N2O5S. The minimum Gasteiger partial charge on any atom is -0.478 e. The summed E-state index contributed by atoms with van der Waals surface area (Å²) in [6, 6.07) is 14.9. The van der Waals surface area contributed by atoms with E-state index in [9.17, 15) is 14.4 Å². The summed E-state index contributed by atoms with van der Waals surface area (Å²) in [5, 5.41) is 9.07. The van der Waals surface area contributed by atoms with Crippen molar-refractivity contribution >= 4 is 29.4 Å². The van der Waals surface area contributed by atoms with E-state index < -0.39 is 18.0 Å². The van der Waals surface area contributed by atoms with Gasteiger partial charge in [-0.3, -0.25) is 9.36 Å². The third-order valence-electron chi connectivity index (χ3n) is 5.09. The Kier molecular flexibility index (Phi) is 5.87. The van der Waals surface area contributed by atoms with Gasteiger partial charge in [-0.2, -0.15) is 0 Å². The molecule has 2 aromatic carbocycles. The van der Waals surface area contributed by atoms with Crippen molar-refractivity contribution in [1.29, 1.82) is 0 Å². The fourth-order valence-electron chi connectivity index (χ4n) is 3.62. The molecule has 4 rings (SSSR count). The zero-order valence-electron chi connectivity index (χ0n) is 17.4. The Morgan fingerprint density at radius 1 is 1.16 bits per heavy atom. The number of fused-ring (bicyclic) bond motifs is 1. The minimum atomic E-state index is -1.01. The molecule has 0 radical (unpaired) electrons. The lowest BCUT2D eigenvalue weighted by Crippen LogP contribution is -2.39. The second-order valence-electron chi connectivity index (χ2n) is 7.14. The van der Waals surface area contributed by atoms with Crippen molar-refractivity contribution in [2.24, 2.45) is 4.99 Å². The van der Waals surface area contributed by atoms with Crippen LogP contribution in [-0.2, 0) is 9.53 Å². The second kappa shape index (κ2) is 8.76. The Bertz CT molecular complexity index is 1400. The number of carbonyl (C=O) groups is 2. The first-order valence-corrected chi connectivity index (χ1v) is 10.8. The number of nitrogens with zero attached hydrogens (tertiary/aromatic N) is 2. The summed E-state index contributed by atoms with van der Waals surface area (Å²) >= 11 is 1.22. The number of ether oxygens (including phenoxy) is 1. The maximum absolute atomic E-state index is 13.4. The number of carbonyl (C=O) groups excluding carboxylic acids is 1. The summed E-state index contributed by atoms with van der Waals surface area (Å²) < 4.78 is 7.23. The van der Waals surface area contributed by atoms with Crippen molar-refractivity contribution < 1.29 is 19.4 Å². The van der Waals surface area contributed by atoms with Gasteiger partial charge in [0.1, 0.15) is 0 Å². The van der Waals surface area contributed by atoms with E-state index in [-0.39, 0.29) is 17.7 Å². The second-order valence-corrected chi connectivity index (χ2v) is 8.15. The van der Waals surface area contributed by atoms with Crippen molar-refractivity contribution in [3.8, 4) is 0 Å². The fraction of sp³-hybridized carbons (Fsp3) is 0.167. The molecule has 7 nitrogen and oxygen atoms in total. The van der Waals surface area contributed by atoms with Crippen molar-refractivity contribution in [2.45, 2.75) is 19.9 Å². The maximum atomic E-state index is 13.4. The van der Waals surface area contributed by atoms with Crippen molar-refractivity contribution in [2.75, 3.05) is 6.61 Å². The summed E-state index contributed by atoms with van der Waals surface area (Å²) in [5.41, 5.74) is 2.21. The molecule has 0 fully saturated rings. The summed E-state index contributed by atoms with van der Waals surface area (Å²) in [7, 11) is 0. The summed E-state index contributed by atoms with van der Waals surface area (Å²) in [4.78, 5) is 42.3. The molecule has 1 aliphatic rings. The average Bonchev–Trinajstić information content (AvgIpc) is 3.08. The lowest BCUT2D eigenvalue weighted by atomic mass is 9.96. The van der Waals surface area contributed by atoms with Gasteiger partial charge < -0.3 is 9.84 Å². The molecule has 0 saturated carbocycles. The molecular weight excluding hydrogens is 428 g/mol. The number of esters is 1. The minimum absolute atomic E-state index is 0.169. The number of carboxylic acids is 1. The van der Waals surface area contributed by atoms with Gasteiger partial charge in [-0.15, -0.1) is 0 Å². The van der Waals surface area contributed by atoms with Crippen LogP contribution in [0, 0.1) is 0 Å². The lowest BCUT2D eigenvalue weighted by Gasteiger charge is -2.24. The summed E-state index contributed by atoms with van der Waals surface area (Å²) in [6.45, 7) is 3.69. The van der Waals surface area contributed by atoms with Gasteiger partial charge in [-0.1, -0.05) is 53.8 Å². The number of aromatic nitrogens is 1. The van der Waals surface area contributed by atoms with Crippen LogP contribution in [0.4, 0.5) is 0 Å². The van der Waals surface area contributed by atoms with Crippen LogP contribution in [0.25, 0.3) is 6.08 Å². The highest BCUT2D eigenvalue weighted by Gasteiger charge is 2.33. The molecule has 32 heavy (non-hydrogen) atoms. The largest absolute Gasteiger partial charge is 0.478 e. The third kappa shape index (κ3) is 3.92. The molecule has 1 aliphatic heterocycles. The molecule has 0 saturated heterocycles. The lowest BCUT2D eigenvalue weighted by molar-refractivity contribution is -0.139. The van der Waals surface area contributed by atoms with Crippen molar-refractivity contribution in [3.63, 3.8) is 0 Å². The Balaban J connectivity index is 1.90. The molecule has 1 atom stereocenters. The van der Waals surface area contributed by atoms with Gasteiger partial charge in [-0.25, -0.2) is 14.6 Å². The first kappa shape index (κ1) is 21.5. The molecule has 1 aromatic heterocycles. The summed E-state index contributed by atoms with van der Waals surface area (Å²) in [5.74, 6) is -1.51. The highest BCUT2D eigenvalue weighted by Crippen LogP contribution is 2.30. The van der Waals surface area contributed by atoms with E-state index in [1.165, 1.54) is 28.0 Å². The molecule has 3 aromatic rings. The average molecular weight is 449 g/mol. The Morgan fingerprint density at radius 3 is 2.47 bits per heavy atom. The molecule has 8 heteroatoms. The normalized spacial score (nSPS) is 15.8. The number of hydrogen-bond acceptors (Lipinski definition) is 6. The zero-order chi connectivity index (χ0) is 22.8. The Labute approximate surface area is 187 Å². The monoisotopic (exact) mass is 448 g/mol. The smallest absolute Gasteiger partial charge is 0.338 e. The molecule has 1 unspecified atom stereocenters. The van der Waals surface area contributed by atoms with E-state index in [4.69, 9.17) is 9.84 Å². The van der Waals surface area contributed by atoms with Crippen LogP contribution in [-0.4, -0.2) is 28.2 Å². The maximum Gasteiger partial charge on any atom is 0.338 e. The third-order valence-corrected chi connectivity index (χ3v) is 6.07. The Morgan fingerprint density at radius 2 is 1.84 bits per heavy atom. The van der Waals surface area contributed by atoms with Crippen molar-refractivity contribution in [3.05, 3.63) is 102 Å². The van der Waals surface area contributed by atoms with Crippen LogP contribution in [0.2, 0.25) is 0 Å². The number of benzene rings is 2. The molecule has 0 bridgehead atoms. The first-order valence-electron chi connectivity index (χ1n) is 9.98. The van der Waals surface area contributed by atoms with Gasteiger partial charge >= 0.3 is 11.9 Å². The molecule has 0 amide bonds. The van der Waals surface area contributed by atoms with Gasteiger partial charge in [0.05, 0.1) is 34.0 Å². The van der Waals surface area contributed by atoms with E-state index in [0.29, 0.717) is 26.2 Å². The van der Waals surface area contributed by atoms with Crippen LogP contribution < -0.4 is 14.9 Å². The first-order chi connectivity index (χ1) is 15.4. The molecule has 0 aliphatic carbocycles. The van der Waals surface area contributed by atoms with Crippen LogP contribution in [0.15, 0.2) is 75.7 Å². The molecule has 0 spiro atoms. The van der Waals surface area contributed by atoms with E-state index >= 15 is 0 Å². The topological polar surface area (TPSA) is 98.0 Å². The predicted octanol–water partition coefficient (Wildman–Crippen LogP) is 2.50. The summed E-state index contributed by atoms with van der Waals surface area (Å²) in [6.07, 6.45) is 1.70. The van der Waals surface area contributed by atoms with Crippen molar-refractivity contribution in [1.82, 2.24) is 4.57 Å². The quantitative estimate of drug-likeness (QED) is 0.605. The van der Waals surface area contributed by atoms with Crippen LogP contribution in [0.3, 0.4) is 0 Å². The zero-order valence-corrected chi connectivity index (χ0v) is 18.3. The van der Waals surface area contributed by atoms with Crippen LogP contribution in [0.5, 0.6) is 0 Å². The van der Waals surface area contributed by atoms with Gasteiger partial charge in [0.25, 0.3) is 5.56 Å². The Hall–Kier alpha value is -3.78. The highest BCUT2D eigenvalue weighted by molar-refractivity contribution is 7.07. The highest BCUT2D eigenvalue weighted by atomic mass is 32.1. The number of allylic oxidation sites excluding steroid dienone is 1. The molecule has 162 valence electrons. The van der Waals surface area contributed by atoms with Crippen LogP contribution in [0.1, 0.15) is 41.4 Å². The standard InChI is InChI=1S/C24H20N2O5S/c1-3-31-23(30)19-14(2)25-24-26(20(19)16-7-5-4-6-8-16)21(27)18(32-24)13-15-9-11-17(12-10-15)22(28)29/h4-13,20H,3H2,1-2H3,(H,28,29)/b18-13+. The van der Waals surface area contributed by atoms with Gasteiger partial charge in [0.2, 0.25) is 0 Å². The van der Waals surface area contributed by atoms with E-state index in [0.717, 1.165) is 5.56 Å². The molecule has 1 N–H and O–H groups in total. The van der Waals surface area contributed by atoms with Gasteiger partial charge in [-0.05, 0) is 43.2 Å².